The minimum Gasteiger partial charge on any atom is -0.462 e. The van der Waals surface area contributed by atoms with E-state index in [0.717, 1.165) is 12.0 Å². The van der Waals surface area contributed by atoms with Gasteiger partial charge in [0.15, 0.2) is 0 Å². The lowest BCUT2D eigenvalue weighted by Crippen LogP contribution is -2.42. The van der Waals surface area contributed by atoms with E-state index in [1.165, 1.54) is 6.08 Å². The van der Waals surface area contributed by atoms with Gasteiger partial charge in [-0.2, -0.15) is 0 Å². The van der Waals surface area contributed by atoms with Crippen LogP contribution in [0.25, 0.3) is 6.08 Å². The molecule has 2 N–H and O–H groups in total. The summed E-state index contributed by atoms with van der Waals surface area (Å²) in [7, 11) is -3.29. The molecular weight excluding hydrogens is 428 g/mol. The number of ether oxygens (including phenoxy) is 1. The summed E-state index contributed by atoms with van der Waals surface area (Å²) in [6.07, 6.45) is 6.66. The third-order valence-corrected chi connectivity index (χ3v) is 7.75. The summed E-state index contributed by atoms with van der Waals surface area (Å²) in [6, 6.07) is 7.14. The average Bonchev–Trinajstić information content (AvgIpc) is 2.77. The minimum atomic E-state index is -3.29. The van der Waals surface area contributed by atoms with E-state index >= 15 is 0 Å². The van der Waals surface area contributed by atoms with Gasteiger partial charge in [0.1, 0.15) is 0 Å². The van der Waals surface area contributed by atoms with Gasteiger partial charge in [0.25, 0.3) is 0 Å². The number of carbonyl (C=O) groups is 2. The quantitative estimate of drug-likeness (QED) is 0.401. The summed E-state index contributed by atoms with van der Waals surface area (Å²) in [6.45, 7) is 7.81. The fraction of sp³-hybridized carbons (Fsp3) is 0.583. The number of anilines is 1. The maximum atomic E-state index is 12.6. The van der Waals surface area contributed by atoms with E-state index in [9.17, 15) is 18.0 Å². The Morgan fingerprint density at radius 2 is 1.72 bits per heavy atom. The SMILES string of the molecule is CCC(C)COC(=O)C=Cc1ccc(NC(=O)C2CCC(NS(=O)(=O)C(C)C)CC2)cc1. The molecule has 1 saturated carbocycles. The monoisotopic (exact) mass is 464 g/mol. The molecular formula is C24H36N2O5S. The van der Waals surface area contributed by atoms with Crippen LogP contribution < -0.4 is 10.0 Å². The minimum absolute atomic E-state index is 0.0490. The van der Waals surface area contributed by atoms with E-state index in [-0.39, 0.29) is 23.8 Å². The van der Waals surface area contributed by atoms with Gasteiger partial charge in [0.2, 0.25) is 15.9 Å². The third-order valence-electron chi connectivity index (χ3n) is 5.85. The van der Waals surface area contributed by atoms with Crippen molar-refractivity contribution in [3.63, 3.8) is 0 Å². The number of nitrogens with one attached hydrogen (secondary N) is 2. The van der Waals surface area contributed by atoms with Crippen LogP contribution in [0.1, 0.15) is 65.4 Å². The molecule has 0 bridgehead atoms. The zero-order valence-corrected chi connectivity index (χ0v) is 20.3. The molecule has 0 aliphatic heterocycles. The van der Waals surface area contributed by atoms with E-state index in [0.29, 0.717) is 43.9 Å². The highest BCUT2D eigenvalue weighted by Crippen LogP contribution is 2.26. The van der Waals surface area contributed by atoms with Crippen LogP contribution in [-0.4, -0.2) is 38.2 Å². The molecule has 1 aromatic rings. The Balaban J connectivity index is 1.79. The highest BCUT2D eigenvalue weighted by molar-refractivity contribution is 7.90. The molecule has 0 saturated heterocycles. The molecule has 0 heterocycles. The number of hydrogen-bond acceptors (Lipinski definition) is 5. The fourth-order valence-electron chi connectivity index (χ4n) is 3.32. The molecule has 2 rings (SSSR count). The molecule has 32 heavy (non-hydrogen) atoms. The summed E-state index contributed by atoms with van der Waals surface area (Å²) in [5, 5.41) is 2.47. The maximum Gasteiger partial charge on any atom is 0.330 e. The Bertz CT molecular complexity index is 885. The van der Waals surface area contributed by atoms with Crippen LogP contribution in [0.3, 0.4) is 0 Å². The molecule has 7 nitrogen and oxygen atoms in total. The van der Waals surface area contributed by atoms with Crippen molar-refractivity contribution in [2.75, 3.05) is 11.9 Å². The first kappa shape index (κ1) is 26.1. The first-order valence-corrected chi connectivity index (χ1v) is 12.9. The van der Waals surface area contributed by atoms with Gasteiger partial charge < -0.3 is 10.1 Å². The molecule has 8 heteroatoms. The molecule has 1 aliphatic rings. The van der Waals surface area contributed by atoms with Gasteiger partial charge in [-0.3, -0.25) is 4.79 Å². The molecule has 1 aromatic carbocycles. The second-order valence-corrected chi connectivity index (χ2v) is 11.1. The van der Waals surface area contributed by atoms with Gasteiger partial charge in [0, 0.05) is 23.7 Å². The van der Waals surface area contributed by atoms with Crippen LogP contribution in [0.5, 0.6) is 0 Å². The first-order valence-electron chi connectivity index (χ1n) is 11.4. The number of amides is 1. The maximum absolute atomic E-state index is 12.6. The summed E-state index contributed by atoms with van der Waals surface area (Å²) < 4.78 is 32.0. The Kier molecular flexibility index (Phi) is 9.90. The molecule has 1 aliphatic carbocycles. The van der Waals surface area contributed by atoms with E-state index in [1.54, 1.807) is 32.1 Å². The molecule has 178 valence electrons. The van der Waals surface area contributed by atoms with Crippen LogP contribution in [0, 0.1) is 11.8 Å². The number of carbonyl (C=O) groups excluding carboxylic acids is 2. The molecule has 1 amide bonds. The lowest BCUT2D eigenvalue weighted by Gasteiger charge is -2.28. The number of hydrogen-bond donors (Lipinski definition) is 2. The zero-order chi connectivity index (χ0) is 23.7. The first-order chi connectivity index (χ1) is 15.1. The summed E-state index contributed by atoms with van der Waals surface area (Å²) >= 11 is 0. The lowest BCUT2D eigenvalue weighted by atomic mass is 9.86. The molecule has 0 radical (unpaired) electrons. The van der Waals surface area contributed by atoms with Crippen molar-refractivity contribution in [1.29, 1.82) is 0 Å². The van der Waals surface area contributed by atoms with Crippen molar-refractivity contribution >= 4 is 33.7 Å². The highest BCUT2D eigenvalue weighted by atomic mass is 32.2. The van der Waals surface area contributed by atoms with Gasteiger partial charge >= 0.3 is 5.97 Å². The standard InChI is InChI=1S/C24H36N2O5S/c1-5-18(4)16-31-23(27)15-8-19-6-11-21(12-7-19)25-24(28)20-9-13-22(14-10-20)26-32(29,30)17(2)3/h6-8,11-12,15,17-18,20,22,26H,5,9-10,13-14,16H2,1-4H3,(H,25,28). The molecule has 0 aromatic heterocycles. The Labute approximate surface area is 192 Å². The zero-order valence-electron chi connectivity index (χ0n) is 19.5. The van der Waals surface area contributed by atoms with Crippen LogP contribution in [0.2, 0.25) is 0 Å². The summed E-state index contributed by atoms with van der Waals surface area (Å²) in [5.41, 5.74) is 1.52. The van der Waals surface area contributed by atoms with Crippen LogP contribution in [-0.2, 0) is 24.3 Å². The number of rotatable bonds is 10. The van der Waals surface area contributed by atoms with Gasteiger partial charge in [-0.15, -0.1) is 0 Å². The van der Waals surface area contributed by atoms with Crippen molar-refractivity contribution in [3.05, 3.63) is 35.9 Å². The van der Waals surface area contributed by atoms with E-state index < -0.39 is 15.3 Å². The van der Waals surface area contributed by atoms with E-state index in [2.05, 4.69) is 17.0 Å². The van der Waals surface area contributed by atoms with Crippen molar-refractivity contribution in [2.45, 2.75) is 71.1 Å². The smallest absolute Gasteiger partial charge is 0.330 e. The predicted molar refractivity (Wildman–Crippen MR) is 127 cm³/mol. The number of esters is 1. The largest absolute Gasteiger partial charge is 0.462 e. The van der Waals surface area contributed by atoms with Crippen molar-refractivity contribution in [2.24, 2.45) is 11.8 Å². The Morgan fingerprint density at radius 3 is 2.28 bits per heavy atom. The van der Waals surface area contributed by atoms with Crippen LogP contribution >= 0.6 is 0 Å². The Morgan fingerprint density at radius 1 is 1.09 bits per heavy atom. The molecule has 0 spiro atoms. The summed E-state index contributed by atoms with van der Waals surface area (Å²) in [5.74, 6) is -0.203. The van der Waals surface area contributed by atoms with Gasteiger partial charge in [-0.25, -0.2) is 17.9 Å². The van der Waals surface area contributed by atoms with Gasteiger partial charge in [-0.1, -0.05) is 32.4 Å². The van der Waals surface area contributed by atoms with Crippen molar-refractivity contribution in [1.82, 2.24) is 4.72 Å². The van der Waals surface area contributed by atoms with Crippen molar-refractivity contribution < 1.29 is 22.7 Å². The number of benzene rings is 1. The molecule has 1 atom stereocenters. The molecule has 1 fully saturated rings. The van der Waals surface area contributed by atoms with E-state index in [1.807, 2.05) is 19.1 Å². The second-order valence-electron chi connectivity index (χ2n) is 8.85. The van der Waals surface area contributed by atoms with E-state index in [4.69, 9.17) is 4.74 Å². The molecule has 1 unspecified atom stereocenters. The number of sulfonamides is 1. The lowest BCUT2D eigenvalue weighted by molar-refractivity contribution is -0.138. The van der Waals surface area contributed by atoms with Crippen LogP contribution in [0.15, 0.2) is 30.3 Å². The average molecular weight is 465 g/mol. The van der Waals surface area contributed by atoms with Crippen molar-refractivity contribution in [3.8, 4) is 0 Å². The summed E-state index contributed by atoms with van der Waals surface area (Å²) in [4.78, 5) is 24.3. The normalized spacial score (nSPS) is 20.3. The van der Waals surface area contributed by atoms with Crippen LogP contribution in [0.4, 0.5) is 5.69 Å². The predicted octanol–water partition coefficient (Wildman–Crippen LogP) is 4.11. The second kappa shape index (κ2) is 12.2. The Hall–Kier alpha value is -2.19. The highest BCUT2D eigenvalue weighted by Gasteiger charge is 2.29. The van der Waals surface area contributed by atoms with Gasteiger partial charge in [-0.05, 0) is 69.2 Å². The van der Waals surface area contributed by atoms with Gasteiger partial charge in [0.05, 0.1) is 11.9 Å². The third kappa shape index (κ3) is 8.39. The fourth-order valence-corrected chi connectivity index (χ4v) is 4.29. The topological polar surface area (TPSA) is 102 Å².